The lowest BCUT2D eigenvalue weighted by Crippen LogP contribution is -3.00. The summed E-state index contributed by atoms with van der Waals surface area (Å²) in [4.78, 5) is 10.7. The Balaban J connectivity index is 0. The van der Waals surface area contributed by atoms with Crippen molar-refractivity contribution in [3.8, 4) is 0 Å². The van der Waals surface area contributed by atoms with Crippen molar-refractivity contribution in [1.29, 1.82) is 0 Å². The standard InChI is InChI=1S/C9H18N2O2.ClH/c1-5-9(12)10-7-13-8-11(3,4)6-2;/h5H,1,6-8H2,2-4H3;1H. The summed E-state index contributed by atoms with van der Waals surface area (Å²) in [7, 11) is 4.13. The molecule has 0 aromatic carbocycles. The largest absolute Gasteiger partial charge is 1.00 e. The van der Waals surface area contributed by atoms with Crippen LogP contribution in [0.25, 0.3) is 0 Å². The average molecular weight is 223 g/mol. The minimum absolute atomic E-state index is 0. The normalized spacial score (nSPS) is 10.2. The molecule has 0 saturated heterocycles. The highest BCUT2D eigenvalue weighted by molar-refractivity contribution is 5.86. The molecule has 0 fully saturated rings. The van der Waals surface area contributed by atoms with E-state index in [0.29, 0.717) is 6.73 Å². The zero-order chi connectivity index (χ0) is 10.3. The molecule has 4 nitrogen and oxygen atoms in total. The Morgan fingerprint density at radius 2 is 2.14 bits per heavy atom. The van der Waals surface area contributed by atoms with Gasteiger partial charge in [-0.3, -0.25) is 4.79 Å². The highest BCUT2D eigenvalue weighted by atomic mass is 35.5. The first-order valence-corrected chi connectivity index (χ1v) is 4.32. The summed E-state index contributed by atoms with van der Waals surface area (Å²) in [5.41, 5.74) is 0. The van der Waals surface area contributed by atoms with Gasteiger partial charge in [0.1, 0.15) is 6.73 Å². The summed E-state index contributed by atoms with van der Waals surface area (Å²) in [5.74, 6) is -0.207. The van der Waals surface area contributed by atoms with E-state index < -0.39 is 0 Å². The summed E-state index contributed by atoms with van der Waals surface area (Å²) in [6.45, 7) is 7.25. The monoisotopic (exact) mass is 222 g/mol. The maximum Gasteiger partial charge on any atom is 0.245 e. The minimum Gasteiger partial charge on any atom is -1.00 e. The molecule has 0 aliphatic carbocycles. The Hall–Kier alpha value is -0.580. The van der Waals surface area contributed by atoms with Crippen LogP contribution in [0.5, 0.6) is 0 Å². The number of nitrogens with zero attached hydrogens (tertiary/aromatic N) is 1. The van der Waals surface area contributed by atoms with Crippen LogP contribution in [0.4, 0.5) is 0 Å². The fourth-order valence-corrected chi connectivity index (χ4v) is 0.578. The lowest BCUT2D eigenvalue weighted by molar-refractivity contribution is -0.908. The number of rotatable bonds is 6. The van der Waals surface area contributed by atoms with E-state index in [9.17, 15) is 4.79 Å². The van der Waals surface area contributed by atoms with Crippen molar-refractivity contribution in [3.05, 3.63) is 12.7 Å². The van der Waals surface area contributed by atoms with E-state index in [1.54, 1.807) is 0 Å². The molecule has 0 saturated carbocycles. The molecule has 0 aliphatic heterocycles. The van der Waals surface area contributed by atoms with Crippen molar-refractivity contribution < 1.29 is 26.4 Å². The molecule has 0 aliphatic rings. The van der Waals surface area contributed by atoms with Crippen molar-refractivity contribution in [2.45, 2.75) is 6.92 Å². The fraction of sp³-hybridized carbons (Fsp3) is 0.667. The second-order valence-corrected chi connectivity index (χ2v) is 3.47. The molecule has 14 heavy (non-hydrogen) atoms. The van der Waals surface area contributed by atoms with Crippen LogP contribution in [-0.4, -0.2) is 44.5 Å². The highest BCUT2D eigenvalue weighted by Gasteiger charge is 2.10. The minimum atomic E-state index is -0.207. The predicted molar refractivity (Wildman–Crippen MR) is 51.8 cm³/mol. The van der Waals surface area contributed by atoms with E-state index in [1.165, 1.54) is 6.08 Å². The molecule has 0 unspecified atom stereocenters. The molecule has 84 valence electrons. The van der Waals surface area contributed by atoms with Crippen molar-refractivity contribution in [3.63, 3.8) is 0 Å². The molecule has 0 rings (SSSR count). The van der Waals surface area contributed by atoms with Crippen LogP contribution in [0.15, 0.2) is 12.7 Å². The molecule has 0 aromatic heterocycles. The summed E-state index contributed by atoms with van der Waals surface area (Å²) >= 11 is 0. The highest BCUT2D eigenvalue weighted by Crippen LogP contribution is 1.94. The number of hydrogen-bond acceptors (Lipinski definition) is 2. The van der Waals surface area contributed by atoms with E-state index in [0.717, 1.165) is 11.0 Å². The molecule has 0 bridgehead atoms. The molecular weight excluding hydrogens is 204 g/mol. The number of amides is 1. The predicted octanol–water partition coefficient (Wildman–Crippen LogP) is -2.68. The number of halogens is 1. The van der Waals surface area contributed by atoms with Gasteiger partial charge in [-0.25, -0.2) is 0 Å². The van der Waals surface area contributed by atoms with E-state index in [-0.39, 0.29) is 25.0 Å². The molecule has 0 aromatic rings. The number of hydrogen-bond donors (Lipinski definition) is 1. The van der Waals surface area contributed by atoms with Crippen LogP contribution in [0.3, 0.4) is 0 Å². The van der Waals surface area contributed by atoms with Gasteiger partial charge in [0.05, 0.1) is 20.6 Å². The lowest BCUT2D eigenvalue weighted by atomic mass is 10.5. The average Bonchev–Trinajstić information content (AvgIpc) is 2.12. The summed E-state index contributed by atoms with van der Waals surface area (Å²) in [6.07, 6.45) is 1.23. The van der Waals surface area contributed by atoms with Gasteiger partial charge < -0.3 is 26.9 Å². The van der Waals surface area contributed by atoms with Gasteiger partial charge in [-0.1, -0.05) is 6.58 Å². The van der Waals surface area contributed by atoms with Crippen molar-refractivity contribution in [2.24, 2.45) is 0 Å². The van der Waals surface area contributed by atoms with Crippen molar-refractivity contribution in [2.75, 3.05) is 34.1 Å². The van der Waals surface area contributed by atoms with Gasteiger partial charge >= 0.3 is 0 Å². The number of carbonyl (C=O) groups excluding carboxylic acids is 1. The molecular formula is C9H19ClN2O2. The molecule has 5 heteroatoms. The van der Waals surface area contributed by atoms with Crippen LogP contribution >= 0.6 is 0 Å². The molecule has 1 N–H and O–H groups in total. The molecule has 1 amide bonds. The summed E-state index contributed by atoms with van der Waals surface area (Å²) in [6, 6.07) is 0. The van der Waals surface area contributed by atoms with E-state index in [1.807, 2.05) is 0 Å². The number of quaternary nitrogens is 1. The van der Waals surface area contributed by atoms with Gasteiger partial charge in [-0.2, -0.15) is 0 Å². The van der Waals surface area contributed by atoms with Crippen molar-refractivity contribution >= 4 is 5.91 Å². The Morgan fingerprint density at radius 3 is 2.57 bits per heavy atom. The first-order valence-electron chi connectivity index (χ1n) is 4.32. The van der Waals surface area contributed by atoms with Gasteiger partial charge in [0.15, 0.2) is 6.73 Å². The summed E-state index contributed by atoms with van der Waals surface area (Å²) < 4.78 is 6.04. The van der Waals surface area contributed by atoms with Gasteiger partial charge in [0, 0.05) is 0 Å². The van der Waals surface area contributed by atoms with Crippen LogP contribution in [0.1, 0.15) is 6.92 Å². The maximum atomic E-state index is 10.7. The topological polar surface area (TPSA) is 38.3 Å². The third kappa shape index (κ3) is 8.04. The maximum absolute atomic E-state index is 10.7. The van der Waals surface area contributed by atoms with Gasteiger partial charge in [0.25, 0.3) is 0 Å². The Kier molecular flexibility index (Phi) is 8.83. The Morgan fingerprint density at radius 1 is 1.57 bits per heavy atom. The first-order chi connectivity index (χ1) is 6.02. The SMILES string of the molecule is C=CC(=O)NCOC[N+](C)(C)CC.[Cl-]. The Labute approximate surface area is 91.9 Å². The smallest absolute Gasteiger partial charge is 0.245 e. The zero-order valence-electron chi connectivity index (χ0n) is 9.05. The fourth-order valence-electron chi connectivity index (χ4n) is 0.578. The molecule has 0 radical (unpaired) electrons. The third-order valence-corrected chi connectivity index (χ3v) is 1.83. The van der Waals surface area contributed by atoms with E-state index >= 15 is 0 Å². The quantitative estimate of drug-likeness (QED) is 0.230. The first kappa shape index (κ1) is 15.9. The van der Waals surface area contributed by atoms with E-state index in [2.05, 4.69) is 32.9 Å². The molecule has 0 heterocycles. The molecule has 0 spiro atoms. The Bertz CT molecular complexity index is 184. The van der Waals surface area contributed by atoms with Gasteiger partial charge in [-0.05, 0) is 13.0 Å². The molecule has 0 atom stereocenters. The van der Waals surface area contributed by atoms with Crippen LogP contribution in [0.2, 0.25) is 0 Å². The van der Waals surface area contributed by atoms with Gasteiger partial charge in [0.2, 0.25) is 5.91 Å². The third-order valence-electron chi connectivity index (χ3n) is 1.83. The van der Waals surface area contributed by atoms with E-state index in [4.69, 9.17) is 4.74 Å². The summed E-state index contributed by atoms with van der Waals surface area (Å²) in [5, 5.41) is 2.54. The van der Waals surface area contributed by atoms with Gasteiger partial charge in [-0.15, -0.1) is 0 Å². The second kappa shape index (κ2) is 7.79. The number of ether oxygens (including phenoxy) is 1. The lowest BCUT2D eigenvalue weighted by Gasteiger charge is -2.27. The second-order valence-electron chi connectivity index (χ2n) is 3.47. The van der Waals surface area contributed by atoms with Crippen LogP contribution < -0.4 is 17.7 Å². The number of carbonyl (C=O) groups is 1. The van der Waals surface area contributed by atoms with Crippen molar-refractivity contribution in [1.82, 2.24) is 5.32 Å². The number of nitrogens with one attached hydrogen (secondary N) is 1. The van der Waals surface area contributed by atoms with Crippen LogP contribution in [0, 0.1) is 0 Å². The van der Waals surface area contributed by atoms with Crippen LogP contribution in [-0.2, 0) is 9.53 Å². The zero-order valence-corrected chi connectivity index (χ0v) is 9.80.